The summed E-state index contributed by atoms with van der Waals surface area (Å²) in [6, 6.07) is -0.0642. The fraction of sp³-hybridized carbons (Fsp3) is 0.818. The third kappa shape index (κ3) is 4.08. The van der Waals surface area contributed by atoms with Crippen molar-refractivity contribution >= 4 is 11.9 Å². The molecule has 0 unspecified atom stereocenters. The average Bonchev–Trinajstić information content (AvgIpc) is 3.09. The normalized spacial score (nSPS) is 14.4. The Hall–Kier alpha value is -1.26. The molecule has 0 spiro atoms. The Balaban J connectivity index is 2.05. The first kappa shape index (κ1) is 12.8. The van der Waals surface area contributed by atoms with Crippen LogP contribution in [0.5, 0.6) is 0 Å². The zero-order valence-corrected chi connectivity index (χ0v) is 10.1. The minimum Gasteiger partial charge on any atom is -0.354 e. The van der Waals surface area contributed by atoms with E-state index in [0.717, 1.165) is 12.8 Å². The second-order valence-electron chi connectivity index (χ2n) is 3.97. The maximum absolute atomic E-state index is 11.5. The third-order valence-corrected chi connectivity index (χ3v) is 2.70. The fourth-order valence-corrected chi connectivity index (χ4v) is 1.47. The molecule has 3 amide bonds. The molecule has 0 aromatic heterocycles. The molecule has 5 heteroatoms. The fourth-order valence-electron chi connectivity index (χ4n) is 1.47. The molecular weight excluding hydrogens is 206 g/mol. The van der Waals surface area contributed by atoms with Gasteiger partial charge in [0.2, 0.25) is 5.91 Å². The van der Waals surface area contributed by atoms with Gasteiger partial charge in [0.15, 0.2) is 0 Å². The summed E-state index contributed by atoms with van der Waals surface area (Å²) in [6.45, 7) is 6.31. The smallest absolute Gasteiger partial charge is 0.317 e. The molecule has 0 aromatic carbocycles. The van der Waals surface area contributed by atoms with Crippen molar-refractivity contribution in [3.05, 3.63) is 0 Å². The van der Waals surface area contributed by atoms with Crippen molar-refractivity contribution in [3.8, 4) is 0 Å². The van der Waals surface area contributed by atoms with Crippen molar-refractivity contribution in [2.75, 3.05) is 26.2 Å². The highest BCUT2D eigenvalue weighted by atomic mass is 16.2. The predicted molar refractivity (Wildman–Crippen MR) is 62.1 cm³/mol. The molecule has 0 atom stereocenters. The van der Waals surface area contributed by atoms with E-state index in [1.165, 1.54) is 0 Å². The molecule has 0 heterocycles. The van der Waals surface area contributed by atoms with Crippen LogP contribution in [-0.2, 0) is 4.79 Å². The van der Waals surface area contributed by atoms with Crippen LogP contribution in [0.2, 0.25) is 0 Å². The Bertz CT molecular complexity index is 248. The first-order chi connectivity index (χ1) is 7.69. The maximum Gasteiger partial charge on any atom is 0.317 e. The lowest BCUT2D eigenvalue weighted by Crippen LogP contribution is -2.43. The third-order valence-electron chi connectivity index (χ3n) is 2.70. The van der Waals surface area contributed by atoms with Gasteiger partial charge in [0.05, 0.1) is 0 Å². The van der Waals surface area contributed by atoms with Crippen LogP contribution in [0.15, 0.2) is 0 Å². The minimum atomic E-state index is -0.0642. The highest BCUT2D eigenvalue weighted by Gasteiger charge is 2.28. The van der Waals surface area contributed by atoms with E-state index in [0.29, 0.717) is 26.2 Å². The van der Waals surface area contributed by atoms with Gasteiger partial charge >= 0.3 is 6.03 Å². The monoisotopic (exact) mass is 227 g/mol. The summed E-state index contributed by atoms with van der Waals surface area (Å²) in [5.74, 6) is 0.357. The number of hydrogen-bond donors (Lipinski definition) is 2. The zero-order chi connectivity index (χ0) is 12.0. The number of carbonyl (C=O) groups excluding carboxylic acids is 2. The quantitative estimate of drug-likeness (QED) is 0.651. The van der Waals surface area contributed by atoms with Gasteiger partial charge in [-0.15, -0.1) is 0 Å². The van der Waals surface area contributed by atoms with Crippen molar-refractivity contribution in [1.82, 2.24) is 15.5 Å². The van der Waals surface area contributed by atoms with Crippen molar-refractivity contribution < 1.29 is 9.59 Å². The van der Waals surface area contributed by atoms with E-state index in [2.05, 4.69) is 10.6 Å². The van der Waals surface area contributed by atoms with Gasteiger partial charge in [0.25, 0.3) is 0 Å². The van der Waals surface area contributed by atoms with Gasteiger partial charge in [-0.3, -0.25) is 4.79 Å². The summed E-state index contributed by atoms with van der Waals surface area (Å²) < 4.78 is 0. The van der Waals surface area contributed by atoms with Gasteiger partial charge in [-0.1, -0.05) is 0 Å². The number of hydrogen-bond acceptors (Lipinski definition) is 2. The molecule has 0 bridgehead atoms. The number of amides is 3. The Morgan fingerprint density at radius 3 is 2.19 bits per heavy atom. The lowest BCUT2D eigenvalue weighted by molar-refractivity contribution is -0.122. The molecule has 0 saturated heterocycles. The van der Waals surface area contributed by atoms with Crippen LogP contribution in [0, 0.1) is 5.92 Å². The number of nitrogens with zero attached hydrogens (tertiary/aromatic N) is 1. The molecule has 1 rings (SSSR count). The lowest BCUT2D eigenvalue weighted by atomic mass is 10.4. The van der Waals surface area contributed by atoms with Crippen LogP contribution in [-0.4, -0.2) is 43.0 Å². The van der Waals surface area contributed by atoms with E-state index in [4.69, 9.17) is 0 Å². The molecule has 1 saturated carbocycles. The molecule has 1 aliphatic carbocycles. The molecule has 2 N–H and O–H groups in total. The van der Waals surface area contributed by atoms with Gasteiger partial charge in [-0.25, -0.2) is 4.79 Å². The summed E-state index contributed by atoms with van der Waals surface area (Å²) in [4.78, 5) is 24.5. The van der Waals surface area contributed by atoms with Crippen LogP contribution < -0.4 is 10.6 Å². The van der Waals surface area contributed by atoms with Crippen LogP contribution >= 0.6 is 0 Å². The Morgan fingerprint density at radius 1 is 1.12 bits per heavy atom. The molecule has 0 radical (unpaired) electrons. The second-order valence-corrected chi connectivity index (χ2v) is 3.97. The van der Waals surface area contributed by atoms with E-state index >= 15 is 0 Å². The zero-order valence-electron chi connectivity index (χ0n) is 10.1. The van der Waals surface area contributed by atoms with E-state index < -0.39 is 0 Å². The highest BCUT2D eigenvalue weighted by molar-refractivity contribution is 5.80. The van der Waals surface area contributed by atoms with Crippen LogP contribution in [0.4, 0.5) is 4.79 Å². The molecule has 0 aromatic rings. The number of urea groups is 1. The molecular formula is C11H21N3O2. The first-order valence-electron chi connectivity index (χ1n) is 5.99. The van der Waals surface area contributed by atoms with Gasteiger partial charge < -0.3 is 15.5 Å². The average molecular weight is 227 g/mol. The molecule has 92 valence electrons. The molecule has 1 fully saturated rings. The highest BCUT2D eigenvalue weighted by Crippen LogP contribution is 2.28. The summed E-state index contributed by atoms with van der Waals surface area (Å²) in [5.41, 5.74) is 0. The summed E-state index contributed by atoms with van der Waals surface area (Å²) in [7, 11) is 0. The lowest BCUT2D eigenvalue weighted by Gasteiger charge is -2.19. The van der Waals surface area contributed by atoms with Crippen LogP contribution in [0.3, 0.4) is 0 Å². The van der Waals surface area contributed by atoms with E-state index in [-0.39, 0.29) is 17.9 Å². The minimum absolute atomic E-state index is 0.0642. The van der Waals surface area contributed by atoms with Crippen LogP contribution in [0.1, 0.15) is 26.7 Å². The number of nitrogens with one attached hydrogen (secondary N) is 2. The summed E-state index contributed by atoms with van der Waals surface area (Å²) in [5, 5.41) is 5.57. The molecule has 5 nitrogen and oxygen atoms in total. The van der Waals surface area contributed by atoms with Gasteiger partial charge in [-0.05, 0) is 26.7 Å². The topological polar surface area (TPSA) is 61.4 Å². The maximum atomic E-state index is 11.5. The van der Waals surface area contributed by atoms with Gasteiger partial charge in [-0.2, -0.15) is 0 Å². The first-order valence-corrected chi connectivity index (χ1v) is 5.99. The van der Waals surface area contributed by atoms with E-state index in [9.17, 15) is 9.59 Å². The molecule has 16 heavy (non-hydrogen) atoms. The van der Waals surface area contributed by atoms with Crippen molar-refractivity contribution in [3.63, 3.8) is 0 Å². The number of rotatable bonds is 6. The number of carbonyl (C=O) groups is 2. The van der Waals surface area contributed by atoms with Crippen LogP contribution in [0.25, 0.3) is 0 Å². The van der Waals surface area contributed by atoms with Crippen molar-refractivity contribution in [1.29, 1.82) is 0 Å². The predicted octanol–water partition coefficient (Wildman–Crippen LogP) is 0.564. The van der Waals surface area contributed by atoms with Gasteiger partial charge in [0, 0.05) is 32.1 Å². The molecule has 1 aliphatic rings. The van der Waals surface area contributed by atoms with Gasteiger partial charge in [0.1, 0.15) is 0 Å². The Morgan fingerprint density at radius 2 is 1.69 bits per heavy atom. The van der Waals surface area contributed by atoms with Crippen molar-refractivity contribution in [2.24, 2.45) is 5.92 Å². The van der Waals surface area contributed by atoms with E-state index in [1.807, 2.05) is 13.8 Å². The van der Waals surface area contributed by atoms with Crippen molar-refractivity contribution in [2.45, 2.75) is 26.7 Å². The second kappa shape index (κ2) is 6.35. The summed E-state index contributed by atoms with van der Waals surface area (Å²) >= 11 is 0. The summed E-state index contributed by atoms with van der Waals surface area (Å²) in [6.07, 6.45) is 2.02. The SMILES string of the molecule is CCN(CC)C(=O)NCCNC(=O)C1CC1. The Labute approximate surface area is 96.6 Å². The molecule has 0 aliphatic heterocycles. The standard InChI is InChI=1S/C11H21N3O2/c1-3-14(4-2)11(16)13-8-7-12-10(15)9-5-6-9/h9H,3-8H2,1-2H3,(H,12,15)(H,13,16). The largest absolute Gasteiger partial charge is 0.354 e. The van der Waals surface area contributed by atoms with E-state index in [1.54, 1.807) is 4.90 Å². The Kier molecular flexibility index (Phi) is 5.08.